The molecule has 3 aromatic carbocycles. The summed E-state index contributed by atoms with van der Waals surface area (Å²) in [5.41, 5.74) is 1.76. The van der Waals surface area contributed by atoms with Gasteiger partial charge in [-0.1, -0.05) is 88.5 Å². The van der Waals surface area contributed by atoms with Crippen molar-refractivity contribution in [1.82, 2.24) is 10.2 Å². The highest BCUT2D eigenvalue weighted by atomic mass is 79.9. The second kappa shape index (κ2) is 14.2. The van der Waals surface area contributed by atoms with Crippen molar-refractivity contribution in [2.75, 3.05) is 23.7 Å². The molecule has 0 aromatic heterocycles. The summed E-state index contributed by atoms with van der Waals surface area (Å²) < 4.78 is 27.4. The highest BCUT2D eigenvalue weighted by Gasteiger charge is 2.33. The summed E-state index contributed by atoms with van der Waals surface area (Å²) in [4.78, 5) is 28.9. The van der Waals surface area contributed by atoms with Gasteiger partial charge in [-0.3, -0.25) is 13.9 Å². The molecule has 0 spiro atoms. The first-order valence-electron chi connectivity index (χ1n) is 12.3. The van der Waals surface area contributed by atoms with E-state index in [0.29, 0.717) is 11.6 Å². The SMILES string of the molecule is CCCNC(=O)[C@H](Cc1ccccc1)N(Cc1cccc(Br)c1)C(=O)CN(c1ccc(Cl)cc1Cl)S(C)(=O)=O. The number of rotatable bonds is 12. The number of carbonyl (C=O) groups excluding carboxylic acids is 2. The second-order valence-electron chi connectivity index (χ2n) is 9.01. The molecule has 0 unspecified atom stereocenters. The van der Waals surface area contributed by atoms with Gasteiger partial charge in [-0.15, -0.1) is 0 Å². The number of carbonyl (C=O) groups is 2. The van der Waals surface area contributed by atoms with Crippen LogP contribution in [-0.4, -0.2) is 50.5 Å². The summed E-state index contributed by atoms with van der Waals surface area (Å²) in [5, 5.41) is 3.32. The Bertz CT molecular complexity index is 1410. The molecule has 11 heteroatoms. The van der Waals surface area contributed by atoms with Crippen molar-refractivity contribution in [3.8, 4) is 0 Å². The van der Waals surface area contributed by atoms with Crippen molar-refractivity contribution in [2.24, 2.45) is 0 Å². The molecule has 0 saturated carbocycles. The van der Waals surface area contributed by atoms with Gasteiger partial charge >= 0.3 is 0 Å². The van der Waals surface area contributed by atoms with E-state index >= 15 is 0 Å². The van der Waals surface area contributed by atoms with E-state index in [1.807, 2.05) is 61.5 Å². The molecule has 3 rings (SSSR count). The molecule has 0 fully saturated rings. The monoisotopic (exact) mass is 653 g/mol. The van der Waals surface area contributed by atoms with E-state index in [1.165, 1.54) is 23.1 Å². The van der Waals surface area contributed by atoms with Gasteiger partial charge in [0.25, 0.3) is 0 Å². The van der Waals surface area contributed by atoms with Crippen molar-refractivity contribution >= 4 is 66.7 Å². The second-order valence-corrected chi connectivity index (χ2v) is 12.7. The summed E-state index contributed by atoms with van der Waals surface area (Å²) in [6.45, 7) is 1.91. The number of nitrogens with zero attached hydrogens (tertiary/aromatic N) is 2. The Morgan fingerprint density at radius 1 is 0.974 bits per heavy atom. The number of hydrogen-bond acceptors (Lipinski definition) is 4. The van der Waals surface area contributed by atoms with Crippen molar-refractivity contribution in [3.05, 3.63) is 98.4 Å². The summed E-state index contributed by atoms with van der Waals surface area (Å²) in [6.07, 6.45) is 1.97. The molecule has 0 radical (unpaired) electrons. The highest BCUT2D eigenvalue weighted by Crippen LogP contribution is 2.30. The summed E-state index contributed by atoms with van der Waals surface area (Å²) >= 11 is 15.8. The number of hydrogen-bond donors (Lipinski definition) is 1. The van der Waals surface area contributed by atoms with Crippen LogP contribution in [-0.2, 0) is 32.6 Å². The van der Waals surface area contributed by atoms with Crippen LogP contribution in [0.4, 0.5) is 5.69 Å². The van der Waals surface area contributed by atoms with Crippen molar-refractivity contribution < 1.29 is 18.0 Å². The summed E-state index contributed by atoms with van der Waals surface area (Å²) in [5.74, 6) is -0.876. The third-order valence-electron chi connectivity index (χ3n) is 5.92. The van der Waals surface area contributed by atoms with Crippen molar-refractivity contribution in [3.63, 3.8) is 0 Å². The maximum Gasteiger partial charge on any atom is 0.244 e. The molecule has 3 aromatic rings. The summed E-state index contributed by atoms with van der Waals surface area (Å²) in [6, 6.07) is 20.2. The molecule has 0 aliphatic heterocycles. The van der Waals surface area contributed by atoms with Gasteiger partial charge < -0.3 is 10.2 Å². The maximum atomic E-state index is 14.0. The lowest BCUT2D eigenvalue weighted by atomic mass is 10.0. The lowest BCUT2D eigenvalue weighted by Crippen LogP contribution is -2.53. The molecule has 0 saturated heterocycles. The minimum absolute atomic E-state index is 0.0841. The molecule has 208 valence electrons. The fourth-order valence-electron chi connectivity index (χ4n) is 4.03. The van der Waals surface area contributed by atoms with Crippen LogP contribution in [0.5, 0.6) is 0 Å². The van der Waals surface area contributed by atoms with E-state index in [9.17, 15) is 18.0 Å². The van der Waals surface area contributed by atoms with Crippen molar-refractivity contribution in [1.29, 1.82) is 0 Å². The first kappa shape index (κ1) is 30.9. The van der Waals surface area contributed by atoms with Gasteiger partial charge in [0.15, 0.2) is 0 Å². The fourth-order valence-corrected chi connectivity index (χ4v) is 5.90. The van der Waals surface area contributed by atoms with Crippen LogP contribution in [0.1, 0.15) is 24.5 Å². The van der Waals surface area contributed by atoms with E-state index < -0.39 is 28.5 Å². The number of sulfonamides is 1. The third-order valence-corrected chi connectivity index (χ3v) is 8.08. The molecular formula is C28H30BrCl2N3O4S. The van der Waals surface area contributed by atoms with Gasteiger partial charge in [-0.05, 0) is 47.9 Å². The Balaban J connectivity index is 2.06. The van der Waals surface area contributed by atoms with Crippen LogP contribution in [0.15, 0.2) is 77.3 Å². The average molecular weight is 655 g/mol. The van der Waals surface area contributed by atoms with Gasteiger partial charge in [0.1, 0.15) is 12.6 Å². The predicted molar refractivity (Wildman–Crippen MR) is 161 cm³/mol. The van der Waals surface area contributed by atoms with Crippen LogP contribution in [0.2, 0.25) is 10.0 Å². The van der Waals surface area contributed by atoms with Gasteiger partial charge in [-0.25, -0.2) is 8.42 Å². The van der Waals surface area contributed by atoms with Crippen LogP contribution < -0.4 is 9.62 Å². The largest absolute Gasteiger partial charge is 0.354 e. The minimum Gasteiger partial charge on any atom is -0.354 e. The van der Waals surface area contributed by atoms with Crippen molar-refractivity contribution in [2.45, 2.75) is 32.4 Å². The van der Waals surface area contributed by atoms with E-state index in [4.69, 9.17) is 23.2 Å². The third kappa shape index (κ3) is 8.96. The van der Waals surface area contributed by atoms with Gasteiger partial charge in [0.2, 0.25) is 21.8 Å². The lowest BCUT2D eigenvalue weighted by Gasteiger charge is -2.33. The quantitative estimate of drug-likeness (QED) is 0.272. The standard InChI is InChI=1S/C28H30BrCl2N3O4S/c1-3-14-32-28(36)26(16-20-8-5-4-6-9-20)33(18-21-10-7-11-22(29)15-21)27(35)19-34(39(2,37)38)25-13-12-23(30)17-24(25)31/h4-13,15,17,26H,3,14,16,18-19H2,1-2H3,(H,32,36)/t26-/m0/s1. The minimum atomic E-state index is -3.93. The first-order chi connectivity index (χ1) is 18.5. The average Bonchev–Trinajstić information content (AvgIpc) is 2.88. The van der Waals surface area contributed by atoms with Crippen LogP contribution in [0, 0.1) is 0 Å². The lowest BCUT2D eigenvalue weighted by molar-refractivity contribution is -0.140. The van der Waals surface area contributed by atoms with E-state index in [2.05, 4.69) is 21.2 Å². The predicted octanol–water partition coefficient (Wildman–Crippen LogP) is 5.69. The molecule has 1 N–H and O–H groups in total. The zero-order valence-corrected chi connectivity index (χ0v) is 25.5. The van der Waals surface area contributed by atoms with Crippen LogP contribution in [0.25, 0.3) is 0 Å². The van der Waals surface area contributed by atoms with Crippen LogP contribution in [0.3, 0.4) is 0 Å². The van der Waals surface area contributed by atoms with Crippen LogP contribution >= 0.6 is 39.1 Å². The number of amides is 2. The van der Waals surface area contributed by atoms with Gasteiger partial charge in [-0.2, -0.15) is 0 Å². The number of halogens is 3. The van der Waals surface area contributed by atoms with E-state index in [0.717, 1.165) is 32.6 Å². The Morgan fingerprint density at radius 2 is 1.67 bits per heavy atom. The normalized spacial score (nSPS) is 12.0. The summed E-state index contributed by atoms with van der Waals surface area (Å²) in [7, 11) is -3.93. The molecule has 0 heterocycles. The van der Waals surface area contributed by atoms with Gasteiger partial charge in [0, 0.05) is 29.0 Å². The molecule has 39 heavy (non-hydrogen) atoms. The molecule has 1 atom stereocenters. The Hall–Kier alpha value is -2.59. The first-order valence-corrected chi connectivity index (χ1v) is 15.7. The molecular weight excluding hydrogens is 625 g/mol. The number of anilines is 1. The molecule has 0 bridgehead atoms. The Morgan fingerprint density at radius 3 is 2.28 bits per heavy atom. The Kier molecular flexibility index (Phi) is 11.2. The zero-order chi connectivity index (χ0) is 28.6. The highest BCUT2D eigenvalue weighted by molar-refractivity contribution is 9.10. The smallest absolute Gasteiger partial charge is 0.244 e. The topological polar surface area (TPSA) is 86.8 Å². The molecule has 7 nitrogen and oxygen atoms in total. The molecule has 0 aliphatic carbocycles. The zero-order valence-electron chi connectivity index (χ0n) is 21.6. The molecule has 0 aliphatic rings. The maximum absolute atomic E-state index is 14.0. The molecule has 2 amide bonds. The number of benzene rings is 3. The van der Waals surface area contributed by atoms with E-state index in [1.54, 1.807) is 0 Å². The number of nitrogens with one attached hydrogen (secondary N) is 1. The fraction of sp³-hybridized carbons (Fsp3) is 0.286. The van der Waals surface area contributed by atoms with E-state index in [-0.39, 0.29) is 29.6 Å². The Labute approximate surface area is 248 Å². The van der Waals surface area contributed by atoms with Gasteiger partial charge in [0.05, 0.1) is 17.0 Å².